The molecular formula is C29H28N4O8S. The molecule has 2 N–H and O–H groups in total. The first-order valence-corrected chi connectivity index (χ1v) is 13.8. The summed E-state index contributed by atoms with van der Waals surface area (Å²) < 4.78 is 28.4. The zero-order chi connectivity index (χ0) is 29.8. The predicted octanol–water partition coefficient (Wildman–Crippen LogP) is 4.28. The number of amides is 3. The summed E-state index contributed by atoms with van der Waals surface area (Å²) in [5.41, 5.74) is 2.20. The largest absolute Gasteiger partial charge is 0.493 e. The molecular weight excluding hydrogens is 564 g/mol. The molecule has 4 aromatic rings. The molecule has 12 nitrogen and oxygen atoms in total. The van der Waals surface area contributed by atoms with Crippen molar-refractivity contribution in [3.05, 3.63) is 58.9 Å². The standard InChI is InChI=1S/C29H28N4O8S/c1-5-33-27(35)19-10-16(17-11-23(37-2)26(39-4)24(12-17)38-3)6-8-20(19)31-29(33)42-14-25(34)32-28(36)30-18-7-9-21-22(13-18)41-15-40-21/h6-13H,5,14-15H2,1-4H3,(H2,30,32,34,36). The van der Waals surface area contributed by atoms with E-state index in [0.29, 0.717) is 57.0 Å². The molecule has 3 aromatic carbocycles. The van der Waals surface area contributed by atoms with Gasteiger partial charge in [0.1, 0.15) is 0 Å². The van der Waals surface area contributed by atoms with Gasteiger partial charge in [-0.15, -0.1) is 0 Å². The van der Waals surface area contributed by atoms with Crippen molar-refractivity contribution < 1.29 is 33.3 Å². The maximum atomic E-state index is 13.5. The number of thioether (sulfide) groups is 1. The number of rotatable bonds is 9. The third kappa shape index (κ3) is 5.77. The number of nitrogens with zero attached hydrogens (tertiary/aromatic N) is 2. The molecule has 0 unspecified atom stereocenters. The number of fused-ring (bicyclic) bond motifs is 2. The lowest BCUT2D eigenvalue weighted by Gasteiger charge is -2.15. The lowest BCUT2D eigenvalue weighted by molar-refractivity contribution is -0.117. The molecule has 0 saturated heterocycles. The third-order valence-corrected chi connectivity index (χ3v) is 7.43. The normalized spacial score (nSPS) is 11.7. The van der Waals surface area contributed by atoms with Crippen molar-refractivity contribution in [3.63, 3.8) is 0 Å². The summed E-state index contributed by atoms with van der Waals surface area (Å²) in [6.45, 7) is 2.27. The van der Waals surface area contributed by atoms with Gasteiger partial charge in [-0.2, -0.15) is 0 Å². The monoisotopic (exact) mass is 592 g/mol. The number of imide groups is 1. The van der Waals surface area contributed by atoms with E-state index in [1.165, 1.54) is 25.9 Å². The first-order chi connectivity index (χ1) is 20.3. The minimum absolute atomic E-state index is 0.112. The van der Waals surface area contributed by atoms with Crippen LogP contribution in [0.4, 0.5) is 10.5 Å². The summed E-state index contributed by atoms with van der Waals surface area (Å²) in [5, 5.41) is 5.65. The Morgan fingerprint density at radius 1 is 0.952 bits per heavy atom. The summed E-state index contributed by atoms with van der Waals surface area (Å²) in [5.74, 6) is 1.86. The smallest absolute Gasteiger partial charge is 0.325 e. The molecule has 0 atom stereocenters. The Hall–Kier alpha value is -4.91. The molecule has 0 aliphatic carbocycles. The molecule has 0 bridgehead atoms. The fourth-order valence-electron chi connectivity index (χ4n) is 4.45. The van der Waals surface area contributed by atoms with Gasteiger partial charge < -0.3 is 29.0 Å². The molecule has 0 fully saturated rings. The highest BCUT2D eigenvalue weighted by Gasteiger charge is 2.18. The second-order valence-electron chi connectivity index (χ2n) is 8.95. The lowest BCUT2D eigenvalue weighted by Crippen LogP contribution is -2.35. The molecule has 3 amide bonds. The van der Waals surface area contributed by atoms with Crippen molar-refractivity contribution >= 4 is 40.3 Å². The Kier molecular flexibility index (Phi) is 8.38. The van der Waals surface area contributed by atoms with Crippen molar-refractivity contribution in [3.8, 4) is 39.9 Å². The van der Waals surface area contributed by atoms with Crippen molar-refractivity contribution in [2.75, 3.05) is 39.2 Å². The molecule has 1 aromatic heterocycles. The van der Waals surface area contributed by atoms with Gasteiger partial charge >= 0.3 is 6.03 Å². The van der Waals surface area contributed by atoms with Gasteiger partial charge in [-0.3, -0.25) is 19.5 Å². The highest BCUT2D eigenvalue weighted by Crippen LogP contribution is 2.41. The van der Waals surface area contributed by atoms with Crippen LogP contribution in [0.1, 0.15) is 6.92 Å². The van der Waals surface area contributed by atoms with Gasteiger partial charge in [-0.05, 0) is 54.4 Å². The highest BCUT2D eigenvalue weighted by molar-refractivity contribution is 7.99. The number of nitrogens with one attached hydrogen (secondary N) is 2. The van der Waals surface area contributed by atoms with E-state index < -0.39 is 11.9 Å². The van der Waals surface area contributed by atoms with Crippen LogP contribution in [-0.4, -0.2) is 55.4 Å². The van der Waals surface area contributed by atoms with Gasteiger partial charge in [0.15, 0.2) is 28.2 Å². The molecule has 0 saturated carbocycles. The van der Waals surface area contributed by atoms with Crippen LogP contribution in [0.2, 0.25) is 0 Å². The van der Waals surface area contributed by atoms with Crippen LogP contribution in [0, 0.1) is 0 Å². The van der Waals surface area contributed by atoms with Gasteiger partial charge in [-0.1, -0.05) is 17.8 Å². The second kappa shape index (κ2) is 12.3. The van der Waals surface area contributed by atoms with E-state index in [-0.39, 0.29) is 18.1 Å². The van der Waals surface area contributed by atoms with Gasteiger partial charge in [-0.25, -0.2) is 9.78 Å². The molecule has 0 radical (unpaired) electrons. The molecule has 0 spiro atoms. The Morgan fingerprint density at radius 3 is 2.38 bits per heavy atom. The number of hydrogen-bond acceptors (Lipinski definition) is 10. The molecule has 2 heterocycles. The van der Waals surface area contributed by atoms with Crippen LogP contribution in [0.5, 0.6) is 28.7 Å². The number of ether oxygens (including phenoxy) is 5. The number of aromatic nitrogens is 2. The SMILES string of the molecule is CCn1c(SCC(=O)NC(=O)Nc2ccc3c(c2)OCO3)nc2ccc(-c3cc(OC)c(OC)c(OC)c3)cc2c1=O. The van der Waals surface area contributed by atoms with Gasteiger partial charge in [0.05, 0.1) is 38.0 Å². The van der Waals surface area contributed by atoms with E-state index in [1.807, 2.05) is 13.0 Å². The van der Waals surface area contributed by atoms with Gasteiger partial charge in [0, 0.05) is 18.3 Å². The van der Waals surface area contributed by atoms with Crippen molar-refractivity contribution in [2.45, 2.75) is 18.6 Å². The van der Waals surface area contributed by atoms with Crippen LogP contribution < -0.4 is 39.9 Å². The first kappa shape index (κ1) is 28.6. The topological polar surface area (TPSA) is 139 Å². The van der Waals surface area contributed by atoms with E-state index in [1.54, 1.807) is 42.5 Å². The molecule has 42 heavy (non-hydrogen) atoms. The van der Waals surface area contributed by atoms with E-state index in [2.05, 4.69) is 15.6 Å². The van der Waals surface area contributed by atoms with Crippen LogP contribution in [0.15, 0.2) is 58.5 Å². The third-order valence-electron chi connectivity index (χ3n) is 6.45. The van der Waals surface area contributed by atoms with E-state index >= 15 is 0 Å². The van der Waals surface area contributed by atoms with E-state index in [4.69, 9.17) is 23.7 Å². The molecule has 5 rings (SSSR count). The minimum Gasteiger partial charge on any atom is -0.493 e. The van der Waals surface area contributed by atoms with Gasteiger partial charge in [0.2, 0.25) is 18.4 Å². The summed E-state index contributed by atoms with van der Waals surface area (Å²) in [4.78, 5) is 43.0. The Balaban J connectivity index is 1.32. The number of anilines is 1. The summed E-state index contributed by atoms with van der Waals surface area (Å²) in [6.07, 6.45) is 0. The number of carbonyl (C=O) groups excluding carboxylic acids is 2. The van der Waals surface area contributed by atoms with E-state index in [0.717, 1.165) is 22.9 Å². The highest BCUT2D eigenvalue weighted by atomic mass is 32.2. The van der Waals surface area contributed by atoms with Crippen LogP contribution in [-0.2, 0) is 11.3 Å². The Bertz CT molecular complexity index is 1710. The average Bonchev–Trinajstić information content (AvgIpc) is 3.47. The minimum atomic E-state index is -0.696. The molecule has 218 valence electrons. The molecule has 13 heteroatoms. The zero-order valence-corrected chi connectivity index (χ0v) is 24.1. The number of hydrogen-bond donors (Lipinski definition) is 2. The molecule has 1 aliphatic rings. The zero-order valence-electron chi connectivity index (χ0n) is 23.3. The summed E-state index contributed by atoms with van der Waals surface area (Å²) >= 11 is 1.06. The second-order valence-corrected chi connectivity index (χ2v) is 9.89. The maximum absolute atomic E-state index is 13.5. The van der Waals surface area contributed by atoms with Crippen molar-refractivity contribution in [2.24, 2.45) is 0 Å². The fourth-order valence-corrected chi connectivity index (χ4v) is 5.31. The first-order valence-electron chi connectivity index (χ1n) is 12.8. The van der Waals surface area contributed by atoms with Crippen molar-refractivity contribution in [1.29, 1.82) is 0 Å². The van der Waals surface area contributed by atoms with Gasteiger partial charge in [0.25, 0.3) is 5.56 Å². The van der Waals surface area contributed by atoms with Crippen LogP contribution in [0.25, 0.3) is 22.0 Å². The predicted molar refractivity (Wildman–Crippen MR) is 157 cm³/mol. The Morgan fingerprint density at radius 2 is 1.69 bits per heavy atom. The lowest BCUT2D eigenvalue weighted by atomic mass is 10.0. The maximum Gasteiger partial charge on any atom is 0.325 e. The number of urea groups is 1. The average molecular weight is 593 g/mol. The molecule has 1 aliphatic heterocycles. The van der Waals surface area contributed by atoms with Crippen LogP contribution in [0.3, 0.4) is 0 Å². The number of methoxy groups -OCH3 is 3. The van der Waals surface area contributed by atoms with E-state index in [9.17, 15) is 14.4 Å². The summed E-state index contributed by atoms with van der Waals surface area (Å²) in [7, 11) is 4.61. The number of benzene rings is 3. The Labute approximate surface area is 244 Å². The summed E-state index contributed by atoms with van der Waals surface area (Å²) in [6, 6.07) is 13.2. The number of carbonyl (C=O) groups is 2. The fraction of sp³-hybridized carbons (Fsp3) is 0.241. The quantitative estimate of drug-likeness (QED) is 0.214. The van der Waals surface area contributed by atoms with Crippen LogP contribution >= 0.6 is 11.8 Å². The van der Waals surface area contributed by atoms with Crippen molar-refractivity contribution in [1.82, 2.24) is 14.9 Å².